The number of aliphatic hydroxyl groups excluding tert-OH is 1. The molecule has 4 aromatic rings. The van der Waals surface area contributed by atoms with Gasteiger partial charge in [-0.1, -0.05) is 106 Å². The van der Waals surface area contributed by atoms with Gasteiger partial charge in [0.2, 0.25) is 15.9 Å². The first-order valence-corrected chi connectivity index (χ1v) is 20.2. The van der Waals surface area contributed by atoms with E-state index in [2.05, 4.69) is 15.5 Å². The number of urea groups is 1. The van der Waals surface area contributed by atoms with Crippen LogP contribution < -0.4 is 5.32 Å². The molecule has 2 heterocycles. The molecule has 0 bridgehead atoms. The molecule has 1 fully saturated rings. The van der Waals surface area contributed by atoms with Gasteiger partial charge < -0.3 is 25.4 Å². The summed E-state index contributed by atoms with van der Waals surface area (Å²) in [4.78, 5) is 36.0. The Bertz CT molecular complexity index is 2000. The topological polar surface area (TPSA) is 156 Å². The van der Waals surface area contributed by atoms with Gasteiger partial charge in [-0.2, -0.15) is 4.31 Å². The Morgan fingerprint density at radius 3 is 2.31 bits per heavy atom. The Hall–Kier alpha value is -5.11. The summed E-state index contributed by atoms with van der Waals surface area (Å²) in [6.07, 6.45) is 4.29. The minimum Gasteiger partial charge on any atom is -0.411 e. The first-order chi connectivity index (χ1) is 26.4. The monoisotopic (exact) mass is 768 g/mol. The number of benzene rings is 3. The van der Waals surface area contributed by atoms with Gasteiger partial charge in [0.05, 0.1) is 23.3 Å². The lowest BCUT2D eigenvalue weighted by atomic mass is 9.95. The fraction of sp³-hybridized carbons (Fsp3) is 0.381. The van der Waals surface area contributed by atoms with Crippen molar-refractivity contribution in [2.75, 3.05) is 26.2 Å². The number of hydrogen-bond acceptors (Lipinski definition) is 8. The van der Waals surface area contributed by atoms with Crippen LogP contribution in [0.15, 0.2) is 113 Å². The summed E-state index contributed by atoms with van der Waals surface area (Å²) in [6.45, 7) is 8.74. The normalized spacial score (nSPS) is 15.8. The molecule has 13 heteroatoms. The van der Waals surface area contributed by atoms with E-state index < -0.39 is 34.1 Å². The SMILES string of the molecule is CCC(C)C(C(=O)N[C@@H](Cc1ccccc1)[C@H](O)CN(CC(C)C)S(=O)(=O)c1ccc(/C=N/O)cc1)N1CCN(Cc2cccc(-c3cccnc3)c2)C1=O. The Morgan fingerprint density at radius 2 is 1.65 bits per heavy atom. The van der Waals surface area contributed by atoms with Crippen molar-refractivity contribution < 1.29 is 28.3 Å². The number of aromatic nitrogens is 1. The van der Waals surface area contributed by atoms with Gasteiger partial charge in [0.1, 0.15) is 6.04 Å². The number of nitrogens with zero attached hydrogens (tertiary/aromatic N) is 5. The Labute approximate surface area is 324 Å². The van der Waals surface area contributed by atoms with Crippen molar-refractivity contribution in [3.05, 3.63) is 120 Å². The van der Waals surface area contributed by atoms with Crippen molar-refractivity contribution in [2.45, 2.75) is 70.2 Å². The summed E-state index contributed by atoms with van der Waals surface area (Å²) in [5.41, 5.74) is 4.31. The summed E-state index contributed by atoms with van der Waals surface area (Å²) in [5, 5.41) is 26.8. The third kappa shape index (κ3) is 10.6. The minimum absolute atomic E-state index is 0.0248. The number of sulfonamides is 1. The van der Waals surface area contributed by atoms with E-state index in [1.165, 1.54) is 34.8 Å². The van der Waals surface area contributed by atoms with E-state index in [-0.39, 0.29) is 42.3 Å². The quantitative estimate of drug-likeness (QED) is 0.0672. The van der Waals surface area contributed by atoms with Gasteiger partial charge in [-0.15, -0.1) is 0 Å². The molecule has 0 saturated carbocycles. The van der Waals surface area contributed by atoms with E-state index in [4.69, 9.17) is 5.21 Å². The predicted molar refractivity (Wildman–Crippen MR) is 213 cm³/mol. The molecule has 0 radical (unpaired) electrons. The van der Waals surface area contributed by atoms with Crippen LogP contribution in [-0.4, -0.2) is 100 Å². The summed E-state index contributed by atoms with van der Waals surface area (Å²) in [7, 11) is -4.07. The fourth-order valence-electron chi connectivity index (χ4n) is 6.91. The van der Waals surface area contributed by atoms with E-state index in [0.29, 0.717) is 31.6 Å². The van der Waals surface area contributed by atoms with Crippen LogP contribution in [0.4, 0.5) is 4.79 Å². The molecule has 0 spiro atoms. The van der Waals surface area contributed by atoms with Gasteiger partial charge in [-0.25, -0.2) is 13.2 Å². The van der Waals surface area contributed by atoms with E-state index in [9.17, 15) is 23.1 Å². The van der Waals surface area contributed by atoms with Gasteiger partial charge in [-0.3, -0.25) is 9.78 Å². The Morgan fingerprint density at radius 1 is 0.945 bits per heavy atom. The highest BCUT2D eigenvalue weighted by molar-refractivity contribution is 7.89. The highest BCUT2D eigenvalue weighted by atomic mass is 32.2. The molecule has 2 unspecified atom stereocenters. The van der Waals surface area contributed by atoms with Crippen molar-refractivity contribution in [3.8, 4) is 11.1 Å². The van der Waals surface area contributed by atoms with Gasteiger partial charge in [0, 0.05) is 45.1 Å². The maximum Gasteiger partial charge on any atom is 0.321 e. The predicted octanol–water partition coefficient (Wildman–Crippen LogP) is 5.64. The summed E-state index contributed by atoms with van der Waals surface area (Å²) >= 11 is 0. The van der Waals surface area contributed by atoms with Crippen molar-refractivity contribution in [1.29, 1.82) is 0 Å². The van der Waals surface area contributed by atoms with Crippen molar-refractivity contribution in [2.24, 2.45) is 17.0 Å². The number of carbonyl (C=O) groups excluding carboxylic acids is 2. The number of oxime groups is 1. The fourth-order valence-corrected chi connectivity index (χ4v) is 8.54. The molecule has 3 aromatic carbocycles. The van der Waals surface area contributed by atoms with Crippen LogP contribution in [0.3, 0.4) is 0 Å². The smallest absolute Gasteiger partial charge is 0.321 e. The van der Waals surface area contributed by atoms with E-state index in [0.717, 1.165) is 22.3 Å². The second-order valence-electron chi connectivity index (χ2n) is 14.6. The van der Waals surface area contributed by atoms with E-state index >= 15 is 0 Å². The number of pyridine rings is 1. The number of rotatable bonds is 18. The lowest BCUT2D eigenvalue weighted by Crippen LogP contribution is -2.57. The van der Waals surface area contributed by atoms with Crippen LogP contribution in [0, 0.1) is 11.8 Å². The molecular weight excluding hydrogens is 717 g/mol. The second-order valence-corrected chi connectivity index (χ2v) is 16.5. The number of nitrogens with one attached hydrogen (secondary N) is 1. The van der Waals surface area contributed by atoms with E-state index in [1.54, 1.807) is 22.2 Å². The molecule has 12 nitrogen and oxygen atoms in total. The van der Waals surface area contributed by atoms with Crippen LogP contribution in [0.2, 0.25) is 0 Å². The molecule has 55 heavy (non-hydrogen) atoms. The first-order valence-electron chi connectivity index (χ1n) is 18.8. The molecule has 5 rings (SSSR count). The molecule has 3 amide bonds. The Balaban J connectivity index is 1.36. The van der Waals surface area contributed by atoms with Gasteiger partial charge in [-0.05, 0) is 70.3 Å². The molecule has 292 valence electrons. The molecule has 1 aliphatic heterocycles. The van der Waals surface area contributed by atoms with Crippen LogP contribution in [0.5, 0.6) is 0 Å². The lowest BCUT2D eigenvalue weighted by Gasteiger charge is -2.35. The average molecular weight is 769 g/mol. The number of amides is 3. The zero-order valence-electron chi connectivity index (χ0n) is 31.9. The number of aliphatic hydroxyl groups is 1. The standard InChI is InChI=1S/C42H52N6O6S/c1-5-31(4)40(48-22-21-46(42(48)51)28-34-13-9-14-35(23-34)36-15-10-20-43-26-36)41(50)45-38(24-32-11-7-6-8-12-32)39(49)29-47(27-30(2)3)55(53,54)37-18-16-33(17-19-37)25-44-52/h6-20,23,25-26,30-31,38-40,49,52H,5,21-22,24,27-29H2,1-4H3,(H,45,50)/b44-25+/t31?,38-,39+,40?/m0/s1. The molecular formula is C42H52N6O6S. The van der Waals surface area contributed by atoms with E-state index in [1.807, 2.05) is 94.4 Å². The highest BCUT2D eigenvalue weighted by Crippen LogP contribution is 2.26. The molecule has 1 aliphatic rings. The van der Waals surface area contributed by atoms with Gasteiger partial charge >= 0.3 is 6.03 Å². The van der Waals surface area contributed by atoms with Crippen LogP contribution in [-0.2, 0) is 27.8 Å². The largest absolute Gasteiger partial charge is 0.411 e. The average Bonchev–Trinajstić information content (AvgIpc) is 3.53. The summed E-state index contributed by atoms with van der Waals surface area (Å²) < 4.78 is 29.2. The third-order valence-corrected chi connectivity index (χ3v) is 11.8. The van der Waals surface area contributed by atoms with Crippen molar-refractivity contribution in [3.63, 3.8) is 0 Å². The highest BCUT2D eigenvalue weighted by Gasteiger charge is 2.41. The molecule has 1 saturated heterocycles. The molecule has 3 N–H and O–H groups in total. The molecule has 1 aromatic heterocycles. The first kappa shape index (κ1) is 41.1. The number of hydrogen-bond donors (Lipinski definition) is 3. The summed E-state index contributed by atoms with van der Waals surface area (Å²) in [5.74, 6) is -0.673. The zero-order chi connectivity index (χ0) is 39.5. The Kier molecular flexibility index (Phi) is 14.2. The number of carbonyl (C=O) groups is 2. The van der Waals surface area contributed by atoms with Crippen LogP contribution >= 0.6 is 0 Å². The maximum atomic E-state index is 14.4. The van der Waals surface area contributed by atoms with Crippen LogP contribution in [0.25, 0.3) is 11.1 Å². The van der Waals surface area contributed by atoms with Gasteiger partial charge in [0.15, 0.2) is 0 Å². The minimum atomic E-state index is -4.07. The lowest BCUT2D eigenvalue weighted by molar-refractivity contribution is -0.128. The van der Waals surface area contributed by atoms with Gasteiger partial charge in [0.25, 0.3) is 0 Å². The maximum absolute atomic E-state index is 14.4. The third-order valence-electron chi connectivity index (χ3n) is 9.98. The zero-order valence-corrected chi connectivity index (χ0v) is 32.7. The van der Waals surface area contributed by atoms with Crippen LogP contribution in [0.1, 0.15) is 50.8 Å². The second kappa shape index (κ2) is 19.0. The molecule has 4 atom stereocenters. The summed E-state index contributed by atoms with van der Waals surface area (Å²) in [6, 6.07) is 25.3. The van der Waals surface area contributed by atoms with Crippen molar-refractivity contribution >= 4 is 28.2 Å². The van der Waals surface area contributed by atoms with Crippen molar-refractivity contribution in [1.82, 2.24) is 24.4 Å². The molecule has 0 aliphatic carbocycles.